The number of aryl methyl sites for hydroxylation is 1. The van der Waals surface area contributed by atoms with Gasteiger partial charge in [0.05, 0.1) is 12.7 Å². The SMILES string of the molecule is Cc1ccc(-c2nnc(SC[C@H]3CCOCO3)n2C)cc1. The van der Waals surface area contributed by atoms with E-state index in [4.69, 9.17) is 9.47 Å². The highest BCUT2D eigenvalue weighted by Gasteiger charge is 2.17. The third-order valence-corrected chi connectivity index (χ3v) is 4.67. The molecule has 0 amide bonds. The van der Waals surface area contributed by atoms with Crippen molar-refractivity contribution in [2.75, 3.05) is 19.2 Å². The van der Waals surface area contributed by atoms with Crippen LogP contribution in [0.3, 0.4) is 0 Å². The highest BCUT2D eigenvalue weighted by atomic mass is 32.2. The predicted molar refractivity (Wildman–Crippen MR) is 82.2 cm³/mol. The van der Waals surface area contributed by atoms with Crippen molar-refractivity contribution >= 4 is 11.8 Å². The number of ether oxygens (including phenoxy) is 2. The summed E-state index contributed by atoms with van der Waals surface area (Å²) < 4.78 is 12.8. The Kier molecular flexibility index (Phi) is 4.57. The maximum atomic E-state index is 5.54. The van der Waals surface area contributed by atoms with Crippen LogP contribution in [0.25, 0.3) is 11.4 Å². The van der Waals surface area contributed by atoms with Crippen LogP contribution in [0.15, 0.2) is 29.4 Å². The van der Waals surface area contributed by atoms with Gasteiger partial charge in [-0.05, 0) is 13.3 Å². The maximum absolute atomic E-state index is 5.54. The summed E-state index contributed by atoms with van der Waals surface area (Å²) in [7, 11) is 2.00. The van der Waals surface area contributed by atoms with E-state index in [-0.39, 0.29) is 6.10 Å². The van der Waals surface area contributed by atoms with Crippen molar-refractivity contribution in [1.82, 2.24) is 14.8 Å². The number of nitrogens with zero attached hydrogens (tertiary/aromatic N) is 3. The number of aromatic nitrogens is 3. The molecule has 0 unspecified atom stereocenters. The molecular weight excluding hydrogens is 286 g/mol. The van der Waals surface area contributed by atoms with E-state index in [0.717, 1.165) is 35.3 Å². The van der Waals surface area contributed by atoms with Gasteiger partial charge in [0.2, 0.25) is 0 Å². The second kappa shape index (κ2) is 6.60. The molecule has 0 spiro atoms. The smallest absolute Gasteiger partial charge is 0.191 e. The van der Waals surface area contributed by atoms with Crippen LogP contribution in [0.1, 0.15) is 12.0 Å². The summed E-state index contributed by atoms with van der Waals surface area (Å²) in [6.07, 6.45) is 1.18. The molecule has 0 radical (unpaired) electrons. The van der Waals surface area contributed by atoms with E-state index in [9.17, 15) is 0 Å². The molecule has 2 aromatic rings. The molecule has 0 aliphatic carbocycles. The molecule has 1 aromatic carbocycles. The van der Waals surface area contributed by atoms with E-state index in [1.165, 1.54) is 5.56 Å². The van der Waals surface area contributed by atoms with Gasteiger partial charge in [0, 0.05) is 18.4 Å². The van der Waals surface area contributed by atoms with E-state index in [1.807, 2.05) is 11.6 Å². The number of thioether (sulfide) groups is 1. The third kappa shape index (κ3) is 3.45. The summed E-state index contributed by atoms with van der Waals surface area (Å²) in [6.45, 7) is 3.26. The van der Waals surface area contributed by atoms with Crippen molar-refractivity contribution in [3.63, 3.8) is 0 Å². The summed E-state index contributed by atoms with van der Waals surface area (Å²) in [4.78, 5) is 0. The highest BCUT2D eigenvalue weighted by molar-refractivity contribution is 7.99. The number of rotatable bonds is 4. The zero-order chi connectivity index (χ0) is 14.7. The Labute approximate surface area is 128 Å². The van der Waals surface area contributed by atoms with E-state index < -0.39 is 0 Å². The molecular formula is C15H19N3O2S. The summed E-state index contributed by atoms with van der Waals surface area (Å²) in [5, 5.41) is 9.51. The quantitative estimate of drug-likeness (QED) is 0.813. The molecule has 1 atom stereocenters. The topological polar surface area (TPSA) is 49.2 Å². The Hall–Kier alpha value is -1.37. The molecule has 2 heterocycles. The van der Waals surface area contributed by atoms with Crippen LogP contribution in [0.4, 0.5) is 0 Å². The van der Waals surface area contributed by atoms with Gasteiger partial charge in [0.1, 0.15) is 6.79 Å². The van der Waals surface area contributed by atoms with Gasteiger partial charge in [0.25, 0.3) is 0 Å². The minimum Gasteiger partial charge on any atom is -0.355 e. The fourth-order valence-corrected chi connectivity index (χ4v) is 3.17. The van der Waals surface area contributed by atoms with Gasteiger partial charge in [0.15, 0.2) is 11.0 Å². The zero-order valence-corrected chi connectivity index (χ0v) is 13.1. The van der Waals surface area contributed by atoms with Crippen LogP contribution < -0.4 is 0 Å². The summed E-state index contributed by atoms with van der Waals surface area (Å²) >= 11 is 1.68. The first kappa shape index (κ1) is 14.6. The number of hydrogen-bond donors (Lipinski definition) is 0. The molecule has 112 valence electrons. The molecule has 1 fully saturated rings. The molecule has 6 heteroatoms. The maximum Gasteiger partial charge on any atom is 0.191 e. The summed E-state index contributed by atoms with van der Waals surface area (Å²) in [6, 6.07) is 8.34. The van der Waals surface area contributed by atoms with Crippen molar-refractivity contribution in [1.29, 1.82) is 0 Å². The fourth-order valence-electron chi connectivity index (χ4n) is 2.19. The molecule has 1 aliphatic heterocycles. The highest BCUT2D eigenvalue weighted by Crippen LogP contribution is 2.24. The Morgan fingerprint density at radius 1 is 1.29 bits per heavy atom. The van der Waals surface area contributed by atoms with E-state index in [1.54, 1.807) is 11.8 Å². The molecule has 1 aliphatic rings. The first-order chi connectivity index (χ1) is 10.2. The average molecular weight is 305 g/mol. The lowest BCUT2D eigenvalue weighted by atomic mass is 10.1. The number of benzene rings is 1. The Bertz CT molecular complexity index is 591. The standard InChI is InChI=1S/C15H19N3O2S/c1-11-3-5-12(6-4-11)14-16-17-15(18(14)2)21-9-13-7-8-19-10-20-13/h3-6,13H,7-10H2,1-2H3/t13-/m1/s1. The Morgan fingerprint density at radius 2 is 2.10 bits per heavy atom. The normalized spacial score (nSPS) is 18.9. The summed E-state index contributed by atoms with van der Waals surface area (Å²) in [5.41, 5.74) is 2.33. The molecule has 21 heavy (non-hydrogen) atoms. The number of hydrogen-bond acceptors (Lipinski definition) is 5. The van der Waals surface area contributed by atoms with Crippen molar-refractivity contribution in [3.05, 3.63) is 29.8 Å². The van der Waals surface area contributed by atoms with Crippen molar-refractivity contribution in [2.24, 2.45) is 7.05 Å². The van der Waals surface area contributed by atoms with Crippen LogP contribution in [0.2, 0.25) is 0 Å². The van der Waals surface area contributed by atoms with Crippen LogP contribution in [0, 0.1) is 6.92 Å². The van der Waals surface area contributed by atoms with Crippen molar-refractivity contribution < 1.29 is 9.47 Å². The molecule has 0 N–H and O–H groups in total. The minimum atomic E-state index is 0.239. The van der Waals surface area contributed by atoms with Gasteiger partial charge in [-0.15, -0.1) is 10.2 Å². The van der Waals surface area contributed by atoms with Gasteiger partial charge >= 0.3 is 0 Å². The lowest BCUT2D eigenvalue weighted by Gasteiger charge is -2.21. The molecule has 1 aromatic heterocycles. The predicted octanol–water partition coefficient (Wildman–Crippen LogP) is 2.65. The van der Waals surface area contributed by atoms with Crippen molar-refractivity contribution in [2.45, 2.75) is 24.6 Å². The monoisotopic (exact) mass is 305 g/mol. The molecule has 0 bridgehead atoms. The Morgan fingerprint density at radius 3 is 2.81 bits per heavy atom. The van der Waals surface area contributed by atoms with Gasteiger partial charge in [-0.25, -0.2) is 0 Å². The van der Waals surface area contributed by atoms with E-state index in [0.29, 0.717) is 6.79 Å². The largest absolute Gasteiger partial charge is 0.355 e. The van der Waals surface area contributed by atoms with Gasteiger partial charge < -0.3 is 14.0 Å². The molecule has 0 saturated carbocycles. The summed E-state index contributed by atoms with van der Waals surface area (Å²) in [5.74, 6) is 1.77. The average Bonchev–Trinajstić information content (AvgIpc) is 2.88. The van der Waals surface area contributed by atoms with Gasteiger partial charge in [-0.2, -0.15) is 0 Å². The molecule has 5 nitrogen and oxygen atoms in total. The van der Waals surface area contributed by atoms with Crippen LogP contribution in [0.5, 0.6) is 0 Å². The zero-order valence-electron chi connectivity index (χ0n) is 12.3. The second-order valence-corrected chi connectivity index (χ2v) is 6.13. The lowest BCUT2D eigenvalue weighted by Crippen LogP contribution is -2.25. The van der Waals surface area contributed by atoms with Crippen molar-refractivity contribution in [3.8, 4) is 11.4 Å². The first-order valence-electron chi connectivity index (χ1n) is 7.02. The van der Waals surface area contributed by atoms with Crippen LogP contribution >= 0.6 is 11.8 Å². The van der Waals surface area contributed by atoms with Gasteiger partial charge in [-0.3, -0.25) is 0 Å². The Balaban J connectivity index is 1.68. The first-order valence-corrected chi connectivity index (χ1v) is 8.01. The van der Waals surface area contributed by atoms with Gasteiger partial charge in [-0.1, -0.05) is 41.6 Å². The molecule has 3 rings (SSSR count). The van der Waals surface area contributed by atoms with E-state index in [2.05, 4.69) is 41.4 Å². The fraction of sp³-hybridized carbons (Fsp3) is 0.467. The van der Waals surface area contributed by atoms with Crippen LogP contribution in [-0.2, 0) is 16.5 Å². The third-order valence-electron chi connectivity index (χ3n) is 3.51. The molecule has 1 saturated heterocycles. The second-order valence-electron chi connectivity index (χ2n) is 5.15. The lowest BCUT2D eigenvalue weighted by molar-refractivity contribution is -0.130. The van der Waals surface area contributed by atoms with Crippen LogP contribution in [-0.4, -0.2) is 40.0 Å². The van der Waals surface area contributed by atoms with E-state index >= 15 is 0 Å². The minimum absolute atomic E-state index is 0.239.